The van der Waals surface area contributed by atoms with Crippen molar-refractivity contribution in [3.8, 4) is 0 Å². The largest absolute Gasteiger partial charge is 0.302 e. The number of fused-ring (bicyclic) bond motifs is 3. The van der Waals surface area contributed by atoms with Gasteiger partial charge in [-0.3, -0.25) is 0 Å². The molecule has 2 aliphatic rings. The van der Waals surface area contributed by atoms with Crippen LogP contribution in [0.25, 0.3) is 0 Å². The summed E-state index contributed by atoms with van der Waals surface area (Å²) in [5.41, 5.74) is 0. The average Bonchev–Trinajstić information content (AvgIpc) is 2.17. The first-order valence-electron chi connectivity index (χ1n) is 4.29. The highest BCUT2D eigenvalue weighted by Crippen LogP contribution is 2.26. The first kappa shape index (κ1) is 6.99. The molecule has 10 heavy (non-hydrogen) atoms. The Hall–Kier alpha value is 0.310. The lowest BCUT2D eigenvalue weighted by atomic mass is 10.2. The van der Waals surface area contributed by atoms with Gasteiger partial charge in [0.1, 0.15) is 0 Å². The van der Waals surface area contributed by atoms with Gasteiger partial charge in [-0.15, -0.1) is 0 Å². The second kappa shape index (κ2) is 3.14. The predicted molar refractivity (Wildman–Crippen MR) is 46.5 cm³/mol. The molecule has 2 unspecified atom stereocenters. The molecular weight excluding hydrogens is 142 g/mol. The number of nitrogens with zero attached hydrogens (tertiary/aromatic N) is 1. The van der Waals surface area contributed by atoms with E-state index in [1.165, 1.54) is 44.6 Å². The Bertz CT molecular complexity index is 93.8. The quantitative estimate of drug-likeness (QED) is 0.525. The molecule has 0 spiro atoms. The van der Waals surface area contributed by atoms with Crippen LogP contribution in [0.4, 0.5) is 0 Å². The van der Waals surface area contributed by atoms with Gasteiger partial charge in [0.2, 0.25) is 0 Å². The summed E-state index contributed by atoms with van der Waals surface area (Å²) in [7, 11) is 0. The van der Waals surface area contributed by atoms with Gasteiger partial charge in [0, 0.05) is 17.5 Å². The highest BCUT2D eigenvalue weighted by Gasteiger charge is 2.20. The van der Waals surface area contributed by atoms with Gasteiger partial charge in [-0.1, -0.05) is 0 Å². The van der Waals surface area contributed by atoms with Gasteiger partial charge >= 0.3 is 0 Å². The van der Waals surface area contributed by atoms with E-state index in [9.17, 15) is 0 Å². The minimum absolute atomic E-state index is 1.01. The molecule has 0 radical (unpaired) electrons. The molecule has 0 aromatic rings. The Balaban J connectivity index is 2.01. The molecule has 0 aromatic heterocycles. The van der Waals surface area contributed by atoms with Gasteiger partial charge in [-0.25, -0.2) is 0 Å². The maximum absolute atomic E-state index is 2.62. The molecule has 0 aliphatic carbocycles. The van der Waals surface area contributed by atoms with Crippen molar-refractivity contribution in [3.05, 3.63) is 0 Å². The van der Waals surface area contributed by atoms with Crippen LogP contribution in [0, 0.1) is 0 Å². The summed E-state index contributed by atoms with van der Waals surface area (Å²) >= 11 is 2.20. The fraction of sp³-hybridized carbons (Fsp3) is 1.00. The summed E-state index contributed by atoms with van der Waals surface area (Å²) in [6, 6.07) is 0. The molecule has 2 aliphatic heterocycles. The molecule has 2 fully saturated rings. The first-order valence-corrected chi connectivity index (χ1v) is 5.34. The molecule has 2 saturated heterocycles. The maximum Gasteiger partial charge on any atom is 0.00725 e. The van der Waals surface area contributed by atoms with Crippen LogP contribution >= 0.6 is 11.8 Å². The van der Waals surface area contributed by atoms with Crippen molar-refractivity contribution in [3.63, 3.8) is 0 Å². The van der Waals surface area contributed by atoms with Crippen molar-refractivity contribution >= 4 is 11.8 Å². The molecule has 2 bridgehead atoms. The van der Waals surface area contributed by atoms with Crippen LogP contribution in [0.2, 0.25) is 0 Å². The lowest BCUT2D eigenvalue weighted by molar-refractivity contribution is 0.306. The van der Waals surface area contributed by atoms with Gasteiger partial charge in [0.15, 0.2) is 0 Å². The molecule has 0 N–H and O–H groups in total. The van der Waals surface area contributed by atoms with E-state index >= 15 is 0 Å². The number of thioether (sulfide) groups is 1. The summed E-state index contributed by atoms with van der Waals surface area (Å²) in [5, 5.41) is 1.01. The van der Waals surface area contributed by atoms with Crippen LogP contribution in [0.3, 0.4) is 0 Å². The van der Waals surface area contributed by atoms with Gasteiger partial charge in [0.05, 0.1) is 0 Å². The summed E-state index contributed by atoms with van der Waals surface area (Å²) < 4.78 is 0. The Morgan fingerprint density at radius 2 is 2.10 bits per heavy atom. The van der Waals surface area contributed by atoms with E-state index in [4.69, 9.17) is 0 Å². The third-order valence-electron chi connectivity index (χ3n) is 2.53. The van der Waals surface area contributed by atoms with Crippen LogP contribution in [-0.4, -0.2) is 35.5 Å². The zero-order valence-corrected chi connectivity index (χ0v) is 7.20. The van der Waals surface area contributed by atoms with Gasteiger partial charge in [-0.05, 0) is 32.4 Å². The summed E-state index contributed by atoms with van der Waals surface area (Å²) in [5.74, 6) is 1.38. The van der Waals surface area contributed by atoms with Crippen molar-refractivity contribution in [2.45, 2.75) is 24.5 Å². The second-order valence-electron chi connectivity index (χ2n) is 3.27. The Kier molecular flexibility index (Phi) is 2.19. The summed E-state index contributed by atoms with van der Waals surface area (Å²) in [6.45, 7) is 4.09. The van der Waals surface area contributed by atoms with E-state index in [1.807, 2.05) is 0 Å². The van der Waals surface area contributed by atoms with E-state index in [2.05, 4.69) is 16.7 Å². The molecule has 2 heteroatoms. The molecule has 2 atom stereocenters. The molecule has 0 amide bonds. The van der Waals surface area contributed by atoms with Crippen LogP contribution in [0.1, 0.15) is 19.3 Å². The van der Waals surface area contributed by atoms with E-state index < -0.39 is 0 Å². The normalized spacial score (nSPS) is 40.8. The molecule has 2 rings (SSSR count). The van der Waals surface area contributed by atoms with Crippen molar-refractivity contribution in [2.24, 2.45) is 0 Å². The lowest BCUT2D eigenvalue weighted by Crippen LogP contribution is -2.26. The van der Waals surface area contributed by atoms with E-state index in [0.29, 0.717) is 0 Å². The zero-order valence-electron chi connectivity index (χ0n) is 6.38. The molecular formula is C8H15NS. The molecule has 0 saturated carbocycles. The minimum atomic E-state index is 1.01. The summed E-state index contributed by atoms with van der Waals surface area (Å²) in [6.07, 6.45) is 4.36. The predicted octanol–water partition coefficient (Wildman–Crippen LogP) is 1.59. The second-order valence-corrected chi connectivity index (χ2v) is 4.67. The van der Waals surface area contributed by atoms with E-state index in [-0.39, 0.29) is 0 Å². The standard InChI is InChI=1S/C8H15NS/c1-2-8-3-5-9(4-1)6-7-10-8/h8H,1-7H2. The van der Waals surface area contributed by atoms with Crippen LogP contribution in [-0.2, 0) is 0 Å². The van der Waals surface area contributed by atoms with Crippen LogP contribution < -0.4 is 0 Å². The zero-order chi connectivity index (χ0) is 6.81. The third-order valence-corrected chi connectivity index (χ3v) is 3.89. The monoisotopic (exact) mass is 157 g/mol. The van der Waals surface area contributed by atoms with Crippen molar-refractivity contribution in [2.75, 3.05) is 25.4 Å². The molecule has 58 valence electrons. The van der Waals surface area contributed by atoms with Crippen molar-refractivity contribution in [1.29, 1.82) is 0 Å². The van der Waals surface area contributed by atoms with Crippen LogP contribution in [0.5, 0.6) is 0 Å². The average molecular weight is 157 g/mol. The Morgan fingerprint density at radius 1 is 1.10 bits per heavy atom. The molecule has 0 aromatic carbocycles. The van der Waals surface area contributed by atoms with Gasteiger partial charge in [0.25, 0.3) is 0 Å². The topological polar surface area (TPSA) is 3.24 Å². The van der Waals surface area contributed by atoms with E-state index in [0.717, 1.165) is 5.25 Å². The highest BCUT2D eigenvalue weighted by atomic mass is 32.2. The van der Waals surface area contributed by atoms with E-state index in [1.54, 1.807) is 0 Å². The van der Waals surface area contributed by atoms with Gasteiger partial charge in [-0.2, -0.15) is 11.8 Å². The first-order chi connectivity index (χ1) is 4.95. The fourth-order valence-electron chi connectivity index (χ4n) is 1.86. The molecule has 1 nitrogen and oxygen atoms in total. The number of rotatable bonds is 0. The van der Waals surface area contributed by atoms with Crippen LogP contribution in [0.15, 0.2) is 0 Å². The highest BCUT2D eigenvalue weighted by molar-refractivity contribution is 7.99. The smallest absolute Gasteiger partial charge is 0.00725 e. The minimum Gasteiger partial charge on any atom is -0.302 e. The number of hydrogen-bond acceptors (Lipinski definition) is 2. The van der Waals surface area contributed by atoms with Crippen molar-refractivity contribution in [1.82, 2.24) is 4.90 Å². The fourth-order valence-corrected chi connectivity index (χ4v) is 3.17. The SMILES string of the molecule is C1CC2CCN(C1)CCS2. The maximum atomic E-state index is 2.62. The Morgan fingerprint density at radius 3 is 3.10 bits per heavy atom. The lowest BCUT2D eigenvalue weighted by Gasteiger charge is -2.18. The number of hydrogen-bond donors (Lipinski definition) is 0. The Labute approximate surface area is 67.2 Å². The van der Waals surface area contributed by atoms with Gasteiger partial charge < -0.3 is 4.90 Å². The van der Waals surface area contributed by atoms with Crippen molar-refractivity contribution < 1.29 is 0 Å². The molecule has 2 heterocycles. The third kappa shape index (κ3) is 1.48. The summed E-state index contributed by atoms with van der Waals surface area (Å²) in [4.78, 5) is 2.62.